The van der Waals surface area contributed by atoms with Crippen LogP contribution in [0.1, 0.15) is 36.9 Å². The molecule has 1 atom stereocenters. The number of likely N-dealkylation sites (N-methyl/N-ethyl adjacent to an activating group) is 1. The van der Waals surface area contributed by atoms with Gasteiger partial charge in [0, 0.05) is 32.4 Å². The van der Waals surface area contributed by atoms with Crippen molar-refractivity contribution in [1.29, 1.82) is 0 Å². The third-order valence-electron chi connectivity index (χ3n) is 5.47. The smallest absolute Gasteiger partial charge is 0.323 e. The van der Waals surface area contributed by atoms with Crippen molar-refractivity contribution in [2.45, 2.75) is 44.6 Å². The monoisotopic (exact) mass is 403 g/mol. The number of anilines is 1. The number of hydrogen-bond donors (Lipinski definition) is 3. The number of aromatic nitrogens is 1. The molecule has 9 nitrogen and oxygen atoms in total. The van der Waals surface area contributed by atoms with Gasteiger partial charge in [-0.2, -0.15) is 0 Å². The van der Waals surface area contributed by atoms with Crippen LogP contribution in [0, 0.1) is 0 Å². The number of aryl methyl sites for hydroxylation is 2. The van der Waals surface area contributed by atoms with E-state index in [0.717, 1.165) is 50.2 Å². The minimum Gasteiger partial charge on any atom is -0.480 e. The molecule has 0 bridgehead atoms. The standard InChI is InChI=1S/C20H29N5O4/c1-24(16-9-12-25(19(16)28)13-17(26)27)20(29)22-10-3-2-6-15-8-7-14-5-4-11-21-18(14)23-15/h7-8,16H,2-6,9-13H2,1H3,(H,21,23)(H,22,29)(H,26,27). The van der Waals surface area contributed by atoms with Gasteiger partial charge in [-0.3, -0.25) is 9.59 Å². The predicted octanol–water partition coefficient (Wildman–Crippen LogP) is 1.09. The van der Waals surface area contributed by atoms with Crippen molar-refractivity contribution >= 4 is 23.7 Å². The molecule has 9 heteroatoms. The lowest BCUT2D eigenvalue weighted by Crippen LogP contribution is -2.47. The molecule has 1 unspecified atom stereocenters. The van der Waals surface area contributed by atoms with E-state index in [2.05, 4.69) is 27.8 Å². The van der Waals surface area contributed by atoms with Crippen LogP contribution in [0.15, 0.2) is 12.1 Å². The summed E-state index contributed by atoms with van der Waals surface area (Å²) in [6, 6.07) is 3.32. The molecular formula is C20H29N5O4. The molecule has 1 saturated heterocycles. The third-order valence-corrected chi connectivity index (χ3v) is 5.47. The Balaban J connectivity index is 1.36. The van der Waals surface area contributed by atoms with Crippen LogP contribution in [0.4, 0.5) is 10.6 Å². The number of hydrogen-bond acceptors (Lipinski definition) is 5. The fraction of sp³-hybridized carbons (Fsp3) is 0.600. The highest BCUT2D eigenvalue weighted by atomic mass is 16.4. The number of rotatable bonds is 8. The first-order chi connectivity index (χ1) is 14.0. The van der Waals surface area contributed by atoms with Gasteiger partial charge >= 0.3 is 12.0 Å². The maximum atomic E-state index is 12.3. The molecular weight excluding hydrogens is 374 g/mol. The maximum Gasteiger partial charge on any atom is 0.323 e. The van der Waals surface area contributed by atoms with Crippen molar-refractivity contribution in [3.63, 3.8) is 0 Å². The number of carboxylic acids is 1. The molecule has 0 aliphatic carbocycles. The van der Waals surface area contributed by atoms with Gasteiger partial charge in [0.2, 0.25) is 5.91 Å². The Hall–Kier alpha value is -2.84. The van der Waals surface area contributed by atoms with E-state index in [-0.39, 0.29) is 18.5 Å². The van der Waals surface area contributed by atoms with E-state index in [1.165, 1.54) is 15.4 Å². The number of fused-ring (bicyclic) bond motifs is 1. The highest BCUT2D eigenvalue weighted by Crippen LogP contribution is 2.20. The van der Waals surface area contributed by atoms with Crippen LogP contribution >= 0.6 is 0 Å². The van der Waals surface area contributed by atoms with E-state index < -0.39 is 12.0 Å². The normalized spacial score (nSPS) is 18.2. The van der Waals surface area contributed by atoms with E-state index in [0.29, 0.717) is 19.5 Å². The van der Waals surface area contributed by atoms with Gasteiger partial charge in [0.15, 0.2) is 0 Å². The van der Waals surface area contributed by atoms with Gasteiger partial charge in [-0.15, -0.1) is 0 Å². The molecule has 29 heavy (non-hydrogen) atoms. The molecule has 1 aromatic rings. The summed E-state index contributed by atoms with van der Waals surface area (Å²) in [6.07, 6.45) is 5.25. The summed E-state index contributed by atoms with van der Waals surface area (Å²) < 4.78 is 0. The zero-order valence-corrected chi connectivity index (χ0v) is 16.8. The number of amides is 3. The quantitative estimate of drug-likeness (QED) is 0.560. The minimum atomic E-state index is -1.05. The molecule has 0 radical (unpaired) electrons. The number of likely N-dealkylation sites (tertiary alicyclic amines) is 1. The third kappa shape index (κ3) is 5.36. The predicted molar refractivity (Wildman–Crippen MR) is 108 cm³/mol. The van der Waals surface area contributed by atoms with E-state index in [4.69, 9.17) is 5.11 Å². The average Bonchev–Trinajstić information content (AvgIpc) is 3.06. The van der Waals surface area contributed by atoms with Crippen LogP contribution in [0.2, 0.25) is 0 Å². The van der Waals surface area contributed by atoms with Gasteiger partial charge in [0.25, 0.3) is 0 Å². The van der Waals surface area contributed by atoms with Crippen molar-refractivity contribution in [1.82, 2.24) is 20.1 Å². The molecule has 0 saturated carbocycles. The average molecular weight is 403 g/mol. The van der Waals surface area contributed by atoms with E-state index in [1.54, 1.807) is 7.05 Å². The summed E-state index contributed by atoms with van der Waals surface area (Å²) in [7, 11) is 1.58. The fourth-order valence-corrected chi connectivity index (χ4v) is 3.80. The number of unbranched alkanes of at least 4 members (excludes halogenated alkanes) is 1. The lowest BCUT2D eigenvalue weighted by atomic mass is 10.1. The first-order valence-electron chi connectivity index (χ1n) is 10.2. The maximum absolute atomic E-state index is 12.3. The van der Waals surface area contributed by atoms with Gasteiger partial charge in [-0.05, 0) is 50.2 Å². The molecule has 3 N–H and O–H groups in total. The number of nitrogens with zero attached hydrogens (tertiary/aromatic N) is 3. The summed E-state index contributed by atoms with van der Waals surface area (Å²) in [5.74, 6) is -0.353. The van der Waals surface area contributed by atoms with Crippen molar-refractivity contribution in [2.24, 2.45) is 0 Å². The number of carboxylic acid groups (broad SMARTS) is 1. The van der Waals surface area contributed by atoms with E-state index >= 15 is 0 Å². The lowest BCUT2D eigenvalue weighted by Gasteiger charge is -2.24. The second-order valence-electron chi connectivity index (χ2n) is 7.60. The number of urea groups is 1. The van der Waals surface area contributed by atoms with Crippen LogP contribution in [-0.4, -0.2) is 77.1 Å². The second-order valence-corrected chi connectivity index (χ2v) is 7.60. The summed E-state index contributed by atoms with van der Waals surface area (Å²) in [4.78, 5) is 42.7. The van der Waals surface area contributed by atoms with Crippen molar-refractivity contribution in [2.75, 3.05) is 38.5 Å². The number of pyridine rings is 1. The van der Waals surface area contributed by atoms with Gasteiger partial charge in [0.05, 0.1) is 0 Å². The molecule has 2 aliphatic heterocycles. The zero-order chi connectivity index (χ0) is 20.8. The molecule has 0 aromatic carbocycles. The summed E-state index contributed by atoms with van der Waals surface area (Å²) in [5.41, 5.74) is 2.33. The highest BCUT2D eigenvalue weighted by Gasteiger charge is 2.37. The van der Waals surface area contributed by atoms with Gasteiger partial charge in [-0.25, -0.2) is 9.78 Å². The molecule has 3 amide bonds. The summed E-state index contributed by atoms with van der Waals surface area (Å²) in [6.45, 7) is 1.53. The molecule has 0 spiro atoms. The lowest BCUT2D eigenvalue weighted by molar-refractivity contribution is -0.143. The molecule has 1 aromatic heterocycles. The topological polar surface area (TPSA) is 115 Å². The summed E-state index contributed by atoms with van der Waals surface area (Å²) >= 11 is 0. The van der Waals surface area contributed by atoms with E-state index in [1.807, 2.05) is 0 Å². The number of carbonyl (C=O) groups excluding carboxylic acids is 2. The molecule has 158 valence electrons. The largest absolute Gasteiger partial charge is 0.480 e. The number of carbonyl (C=O) groups is 3. The zero-order valence-electron chi connectivity index (χ0n) is 16.8. The Morgan fingerprint density at radius 3 is 3.00 bits per heavy atom. The molecule has 3 rings (SSSR count). The van der Waals surface area contributed by atoms with Crippen LogP contribution < -0.4 is 10.6 Å². The Morgan fingerprint density at radius 1 is 1.38 bits per heavy atom. The molecule has 2 aliphatic rings. The highest BCUT2D eigenvalue weighted by molar-refractivity contribution is 5.90. The first kappa shape index (κ1) is 20.9. The van der Waals surface area contributed by atoms with Crippen LogP contribution in [-0.2, 0) is 22.4 Å². The van der Waals surface area contributed by atoms with Gasteiger partial charge < -0.3 is 25.5 Å². The van der Waals surface area contributed by atoms with Crippen molar-refractivity contribution < 1.29 is 19.5 Å². The Labute approximate surface area is 170 Å². The van der Waals surface area contributed by atoms with Crippen LogP contribution in [0.3, 0.4) is 0 Å². The van der Waals surface area contributed by atoms with Crippen LogP contribution in [0.25, 0.3) is 0 Å². The van der Waals surface area contributed by atoms with E-state index in [9.17, 15) is 14.4 Å². The number of nitrogens with one attached hydrogen (secondary N) is 2. The first-order valence-corrected chi connectivity index (χ1v) is 10.2. The van der Waals surface area contributed by atoms with Crippen LogP contribution in [0.5, 0.6) is 0 Å². The SMILES string of the molecule is CN(C(=O)NCCCCc1ccc2c(n1)NCCC2)C1CCN(CC(=O)O)C1=O. The fourth-order valence-electron chi connectivity index (χ4n) is 3.80. The number of aliphatic carboxylic acids is 1. The molecule has 1 fully saturated rings. The Bertz CT molecular complexity index is 769. The van der Waals surface area contributed by atoms with Gasteiger partial charge in [0.1, 0.15) is 18.4 Å². The van der Waals surface area contributed by atoms with Gasteiger partial charge in [-0.1, -0.05) is 6.07 Å². The van der Waals surface area contributed by atoms with Crippen molar-refractivity contribution in [3.8, 4) is 0 Å². The van der Waals surface area contributed by atoms with Crippen molar-refractivity contribution in [3.05, 3.63) is 23.4 Å². The Kier molecular flexibility index (Phi) is 6.90. The molecule has 3 heterocycles. The Morgan fingerprint density at radius 2 is 2.21 bits per heavy atom. The second kappa shape index (κ2) is 9.58. The minimum absolute atomic E-state index is 0.308. The summed E-state index contributed by atoms with van der Waals surface area (Å²) in [5, 5.41) is 15.0.